The van der Waals surface area contributed by atoms with Gasteiger partial charge in [-0.2, -0.15) is 0 Å². The lowest BCUT2D eigenvalue weighted by Crippen LogP contribution is -2.39. The zero-order valence-electron chi connectivity index (χ0n) is 13.3. The summed E-state index contributed by atoms with van der Waals surface area (Å²) in [6.07, 6.45) is 9.16. The second kappa shape index (κ2) is 6.62. The van der Waals surface area contributed by atoms with E-state index < -0.39 is 10.0 Å². The molecule has 0 aliphatic carbocycles. The van der Waals surface area contributed by atoms with E-state index in [9.17, 15) is 8.42 Å². The highest BCUT2D eigenvalue weighted by atomic mass is 32.2. The molecule has 1 saturated heterocycles. The Morgan fingerprint density at radius 1 is 1.30 bits per heavy atom. The van der Waals surface area contributed by atoms with E-state index in [4.69, 9.17) is 0 Å². The van der Waals surface area contributed by atoms with Crippen LogP contribution in [0.3, 0.4) is 0 Å². The first-order chi connectivity index (χ1) is 10.9. The topological polar surface area (TPSA) is 76.1 Å². The van der Waals surface area contributed by atoms with E-state index in [1.807, 2.05) is 13.1 Å². The molecule has 0 radical (unpaired) electrons. The number of piperidine rings is 1. The van der Waals surface area contributed by atoms with Crippen LogP contribution < -0.4 is 0 Å². The molecule has 2 aromatic rings. The second-order valence-electron chi connectivity index (χ2n) is 5.93. The van der Waals surface area contributed by atoms with Crippen molar-refractivity contribution in [2.45, 2.75) is 26.2 Å². The van der Waals surface area contributed by atoms with Crippen LogP contribution in [0.2, 0.25) is 0 Å². The molecule has 1 atom stereocenters. The molecular formula is C15H20N4O2S2. The van der Waals surface area contributed by atoms with Gasteiger partial charge in [0.25, 0.3) is 0 Å². The van der Waals surface area contributed by atoms with Crippen molar-refractivity contribution in [3.05, 3.63) is 29.3 Å². The Morgan fingerprint density at radius 3 is 2.78 bits per heavy atom. The van der Waals surface area contributed by atoms with Crippen LogP contribution in [0.25, 0.3) is 10.6 Å². The van der Waals surface area contributed by atoms with Gasteiger partial charge < -0.3 is 0 Å². The molecule has 2 aromatic heterocycles. The van der Waals surface area contributed by atoms with E-state index in [1.165, 1.54) is 6.26 Å². The zero-order valence-corrected chi connectivity index (χ0v) is 14.9. The summed E-state index contributed by atoms with van der Waals surface area (Å²) in [6.45, 7) is 3.16. The summed E-state index contributed by atoms with van der Waals surface area (Å²) < 4.78 is 25.1. The third-order valence-corrected chi connectivity index (χ3v) is 6.25. The van der Waals surface area contributed by atoms with Crippen molar-refractivity contribution in [1.29, 1.82) is 0 Å². The second-order valence-corrected chi connectivity index (χ2v) is 9.15. The summed E-state index contributed by atoms with van der Waals surface area (Å²) in [4.78, 5) is 14.3. The number of hydrogen-bond acceptors (Lipinski definition) is 6. The van der Waals surface area contributed by atoms with Crippen molar-refractivity contribution in [3.8, 4) is 10.6 Å². The highest BCUT2D eigenvalue weighted by Crippen LogP contribution is 2.29. The molecule has 0 bridgehead atoms. The summed E-state index contributed by atoms with van der Waals surface area (Å²) >= 11 is 1.60. The third-order valence-electron chi connectivity index (χ3n) is 4.06. The molecule has 23 heavy (non-hydrogen) atoms. The molecule has 3 heterocycles. The Hall–Kier alpha value is -1.38. The summed E-state index contributed by atoms with van der Waals surface area (Å²) in [5, 5.41) is 0.998. The zero-order chi connectivity index (χ0) is 16.4. The third kappa shape index (κ3) is 3.94. The maximum absolute atomic E-state index is 11.8. The quantitative estimate of drug-likeness (QED) is 0.842. The summed E-state index contributed by atoms with van der Waals surface area (Å²) in [6, 6.07) is 0. The van der Waals surface area contributed by atoms with Crippen LogP contribution >= 0.6 is 11.3 Å². The van der Waals surface area contributed by atoms with E-state index in [0.717, 1.165) is 40.5 Å². The summed E-state index contributed by atoms with van der Waals surface area (Å²) in [5.41, 5.74) is 1.80. The van der Waals surface area contributed by atoms with Crippen molar-refractivity contribution in [2.24, 2.45) is 5.92 Å². The molecule has 0 saturated carbocycles. The van der Waals surface area contributed by atoms with Crippen LogP contribution in [0.15, 0.2) is 18.6 Å². The van der Waals surface area contributed by atoms with Gasteiger partial charge in [-0.25, -0.2) is 17.7 Å². The smallest absolute Gasteiger partial charge is 0.211 e. The fourth-order valence-electron chi connectivity index (χ4n) is 2.96. The van der Waals surface area contributed by atoms with Gasteiger partial charge in [-0.05, 0) is 32.1 Å². The van der Waals surface area contributed by atoms with Gasteiger partial charge in [-0.3, -0.25) is 9.97 Å². The number of hydrogen-bond donors (Lipinski definition) is 0. The minimum Gasteiger partial charge on any atom is -0.257 e. The van der Waals surface area contributed by atoms with Crippen LogP contribution in [0.1, 0.15) is 23.5 Å². The van der Waals surface area contributed by atoms with Gasteiger partial charge in [0.1, 0.15) is 5.69 Å². The Bertz CT molecular complexity index is 788. The van der Waals surface area contributed by atoms with Crippen molar-refractivity contribution in [2.75, 3.05) is 19.3 Å². The number of rotatable bonds is 4. The molecule has 8 heteroatoms. The van der Waals surface area contributed by atoms with E-state index in [1.54, 1.807) is 28.0 Å². The first kappa shape index (κ1) is 16.5. The number of aryl methyl sites for hydroxylation is 1. The molecule has 1 unspecified atom stereocenters. The Balaban J connectivity index is 1.81. The van der Waals surface area contributed by atoms with Gasteiger partial charge in [0.2, 0.25) is 10.0 Å². The molecule has 0 spiro atoms. The lowest BCUT2D eigenvalue weighted by molar-refractivity contribution is 0.265. The van der Waals surface area contributed by atoms with Crippen LogP contribution in [0.4, 0.5) is 0 Å². The lowest BCUT2D eigenvalue weighted by atomic mass is 9.93. The van der Waals surface area contributed by atoms with Gasteiger partial charge in [-0.15, -0.1) is 11.3 Å². The normalized spacial score (nSPS) is 19.8. The van der Waals surface area contributed by atoms with Crippen LogP contribution in [-0.2, 0) is 16.4 Å². The number of nitrogens with zero attached hydrogens (tertiary/aromatic N) is 4. The van der Waals surface area contributed by atoms with Crippen molar-refractivity contribution >= 4 is 21.4 Å². The first-order valence-corrected chi connectivity index (χ1v) is 10.3. The number of sulfonamides is 1. The number of aromatic nitrogens is 3. The van der Waals surface area contributed by atoms with E-state index in [-0.39, 0.29) is 5.92 Å². The Morgan fingerprint density at radius 2 is 2.09 bits per heavy atom. The predicted octanol–water partition coefficient (Wildman–Crippen LogP) is 2.12. The van der Waals surface area contributed by atoms with Gasteiger partial charge in [0.15, 0.2) is 0 Å². The van der Waals surface area contributed by atoms with E-state index in [0.29, 0.717) is 13.1 Å². The van der Waals surface area contributed by atoms with Crippen molar-refractivity contribution in [1.82, 2.24) is 19.3 Å². The fourth-order valence-corrected chi connectivity index (χ4v) is 4.70. The minimum atomic E-state index is -3.12. The highest BCUT2D eigenvalue weighted by molar-refractivity contribution is 7.88. The largest absolute Gasteiger partial charge is 0.257 e. The van der Waals surface area contributed by atoms with Gasteiger partial charge >= 0.3 is 0 Å². The standard InChI is InChI=1S/C15H20N4O2S2/c1-11-18-9-14(22-11)15-13(16-5-6-17-15)8-12-4-3-7-19(10-12)23(2,20)21/h5-6,9,12H,3-4,7-8,10H2,1-2H3. The van der Waals surface area contributed by atoms with Crippen molar-refractivity contribution < 1.29 is 8.42 Å². The van der Waals surface area contributed by atoms with Gasteiger partial charge in [0, 0.05) is 31.7 Å². The molecule has 6 nitrogen and oxygen atoms in total. The Labute approximate surface area is 140 Å². The molecule has 0 amide bonds. The van der Waals surface area contributed by atoms with Gasteiger partial charge in [-0.1, -0.05) is 0 Å². The van der Waals surface area contributed by atoms with Crippen molar-refractivity contribution in [3.63, 3.8) is 0 Å². The molecule has 0 aromatic carbocycles. The summed E-state index contributed by atoms with van der Waals surface area (Å²) in [7, 11) is -3.12. The fraction of sp³-hybridized carbons (Fsp3) is 0.533. The van der Waals surface area contributed by atoms with Crippen LogP contribution in [0.5, 0.6) is 0 Å². The van der Waals surface area contributed by atoms with Gasteiger partial charge in [0.05, 0.1) is 21.8 Å². The molecule has 1 aliphatic rings. The lowest BCUT2D eigenvalue weighted by Gasteiger charge is -2.30. The minimum absolute atomic E-state index is 0.281. The van der Waals surface area contributed by atoms with E-state index in [2.05, 4.69) is 15.0 Å². The Kier molecular flexibility index (Phi) is 4.74. The molecule has 0 N–H and O–H groups in total. The average molecular weight is 352 g/mol. The number of thiazole rings is 1. The molecule has 1 aliphatic heterocycles. The van der Waals surface area contributed by atoms with Crippen LogP contribution in [0, 0.1) is 12.8 Å². The maximum atomic E-state index is 11.8. The van der Waals surface area contributed by atoms with E-state index >= 15 is 0 Å². The SMILES string of the molecule is Cc1ncc(-c2nccnc2CC2CCCN(S(C)(=O)=O)C2)s1. The summed E-state index contributed by atoms with van der Waals surface area (Å²) in [5.74, 6) is 0.281. The monoisotopic (exact) mass is 352 g/mol. The highest BCUT2D eigenvalue weighted by Gasteiger charge is 2.27. The van der Waals surface area contributed by atoms with Crippen LogP contribution in [-0.4, -0.2) is 47.0 Å². The molecule has 1 fully saturated rings. The maximum Gasteiger partial charge on any atom is 0.211 e. The average Bonchev–Trinajstić information content (AvgIpc) is 2.94. The predicted molar refractivity (Wildman–Crippen MR) is 90.7 cm³/mol. The first-order valence-electron chi connectivity index (χ1n) is 7.61. The molecule has 124 valence electrons. The molecule has 3 rings (SSSR count). The molecular weight excluding hydrogens is 332 g/mol.